The van der Waals surface area contributed by atoms with E-state index < -0.39 is 6.17 Å². The van der Waals surface area contributed by atoms with Gasteiger partial charge in [0.25, 0.3) is 0 Å². The van der Waals surface area contributed by atoms with Crippen molar-refractivity contribution in [3.8, 4) is 11.4 Å². The average Bonchev–Trinajstić information content (AvgIpc) is 3.29. The van der Waals surface area contributed by atoms with Crippen molar-refractivity contribution in [1.29, 1.82) is 0 Å². The molecule has 0 bridgehead atoms. The molecule has 0 aromatic carbocycles. The molecule has 2 N–H and O–H groups in total. The van der Waals surface area contributed by atoms with Gasteiger partial charge in [0.05, 0.1) is 23.6 Å². The Bertz CT molecular complexity index is 962. The molecule has 1 saturated heterocycles. The highest BCUT2D eigenvalue weighted by Crippen LogP contribution is 2.42. The lowest BCUT2D eigenvalue weighted by Crippen LogP contribution is -2.29. The quantitative estimate of drug-likeness (QED) is 0.757. The number of aromatic nitrogens is 3. The lowest BCUT2D eigenvalue weighted by molar-refractivity contribution is 0.342. The maximum atomic E-state index is 13.9. The molecule has 1 aliphatic heterocycles. The Morgan fingerprint density at radius 1 is 1.27 bits per heavy atom. The zero-order chi connectivity index (χ0) is 17.7. The average molecular weight is 351 g/mol. The zero-order valence-corrected chi connectivity index (χ0v) is 14.7. The highest BCUT2D eigenvalue weighted by atomic mass is 19.1. The van der Waals surface area contributed by atoms with Crippen molar-refractivity contribution in [2.45, 2.75) is 37.9 Å². The summed E-state index contributed by atoms with van der Waals surface area (Å²) in [5.74, 6) is 1.38. The number of pyridine rings is 2. The van der Waals surface area contributed by atoms with E-state index in [0.717, 1.165) is 17.0 Å². The third kappa shape index (κ3) is 2.74. The lowest BCUT2D eigenvalue weighted by Gasteiger charge is -2.15. The number of aryl methyl sites for hydroxylation is 1. The molecule has 5 rings (SSSR count). The Morgan fingerprint density at radius 2 is 2.15 bits per heavy atom. The van der Waals surface area contributed by atoms with Gasteiger partial charge in [-0.15, -0.1) is 0 Å². The number of hydrogen-bond acceptors (Lipinski definition) is 4. The smallest absolute Gasteiger partial charge is 0.137 e. The second-order valence-corrected chi connectivity index (χ2v) is 7.39. The lowest BCUT2D eigenvalue weighted by atomic mass is 10.1. The van der Waals surface area contributed by atoms with Crippen molar-refractivity contribution >= 4 is 11.5 Å². The molecule has 0 amide bonds. The summed E-state index contributed by atoms with van der Waals surface area (Å²) in [6, 6.07) is 7.74. The molecular formula is C20H22FN5. The second-order valence-electron chi connectivity index (χ2n) is 7.39. The molecule has 0 radical (unpaired) electrons. The number of hydrogen-bond donors (Lipinski definition) is 2. The number of nitrogens with zero attached hydrogens (tertiary/aromatic N) is 3. The standard InChI is InChI=1S/C20H22FN5/c1-12-7-20-23-10-18(26(20)11-14(12)13-5-6-13)16-3-2-4-19(24-16)25-17-9-22-8-15(17)21/h2-4,7,10-11,13,15,17,22H,5-6,8-9H2,1H3,(H,24,25)/t15-,17-/m0/s1. The first kappa shape index (κ1) is 15.8. The van der Waals surface area contributed by atoms with Crippen LogP contribution in [0.5, 0.6) is 0 Å². The van der Waals surface area contributed by atoms with Crippen molar-refractivity contribution in [2.75, 3.05) is 18.4 Å². The van der Waals surface area contributed by atoms with Crippen LogP contribution >= 0.6 is 0 Å². The number of fused-ring (bicyclic) bond motifs is 1. The van der Waals surface area contributed by atoms with Crippen LogP contribution in [0.25, 0.3) is 17.0 Å². The van der Waals surface area contributed by atoms with Gasteiger partial charge in [-0.1, -0.05) is 6.07 Å². The summed E-state index contributed by atoms with van der Waals surface area (Å²) >= 11 is 0. The minimum absolute atomic E-state index is 0.232. The molecule has 2 aliphatic rings. The Labute approximate surface area is 151 Å². The normalized spacial score (nSPS) is 22.8. The van der Waals surface area contributed by atoms with E-state index in [1.54, 1.807) is 0 Å². The largest absolute Gasteiger partial charge is 0.363 e. The summed E-state index contributed by atoms with van der Waals surface area (Å²) in [6.45, 7) is 3.18. The fourth-order valence-corrected chi connectivity index (χ4v) is 3.78. The van der Waals surface area contributed by atoms with Gasteiger partial charge in [-0.3, -0.25) is 4.40 Å². The number of imidazole rings is 1. The van der Waals surface area contributed by atoms with E-state index in [2.05, 4.69) is 39.2 Å². The molecule has 1 saturated carbocycles. The van der Waals surface area contributed by atoms with Gasteiger partial charge >= 0.3 is 0 Å². The van der Waals surface area contributed by atoms with E-state index >= 15 is 0 Å². The molecule has 0 unspecified atom stereocenters. The minimum Gasteiger partial charge on any atom is -0.363 e. The Hall–Kier alpha value is -2.47. The fraction of sp³-hybridized carbons (Fsp3) is 0.400. The van der Waals surface area contributed by atoms with Crippen molar-refractivity contribution < 1.29 is 4.39 Å². The van der Waals surface area contributed by atoms with Gasteiger partial charge < -0.3 is 10.6 Å². The van der Waals surface area contributed by atoms with Crippen LogP contribution in [0.2, 0.25) is 0 Å². The van der Waals surface area contributed by atoms with Gasteiger partial charge in [0.15, 0.2) is 0 Å². The van der Waals surface area contributed by atoms with Crippen molar-refractivity contribution in [2.24, 2.45) is 0 Å². The fourth-order valence-electron chi connectivity index (χ4n) is 3.78. The first-order valence-electron chi connectivity index (χ1n) is 9.25. The van der Waals surface area contributed by atoms with E-state index in [-0.39, 0.29) is 6.04 Å². The number of alkyl halides is 1. The summed E-state index contributed by atoms with van der Waals surface area (Å²) in [5.41, 5.74) is 5.46. The molecule has 3 aromatic rings. The first-order chi connectivity index (χ1) is 12.7. The molecule has 6 heteroatoms. The zero-order valence-electron chi connectivity index (χ0n) is 14.7. The molecule has 134 valence electrons. The Morgan fingerprint density at radius 3 is 2.92 bits per heavy atom. The molecule has 2 atom stereocenters. The maximum absolute atomic E-state index is 13.9. The monoisotopic (exact) mass is 351 g/mol. The summed E-state index contributed by atoms with van der Waals surface area (Å²) in [4.78, 5) is 9.26. The van der Waals surface area contributed by atoms with E-state index in [0.29, 0.717) is 24.8 Å². The third-order valence-corrected chi connectivity index (χ3v) is 5.40. The van der Waals surface area contributed by atoms with E-state index in [1.165, 1.54) is 24.0 Å². The van der Waals surface area contributed by atoms with Crippen LogP contribution in [0.4, 0.5) is 10.2 Å². The van der Waals surface area contributed by atoms with Gasteiger partial charge in [0.2, 0.25) is 0 Å². The summed E-state index contributed by atoms with van der Waals surface area (Å²) in [7, 11) is 0. The van der Waals surface area contributed by atoms with Crippen molar-refractivity contribution in [1.82, 2.24) is 19.7 Å². The van der Waals surface area contributed by atoms with Gasteiger partial charge in [0, 0.05) is 19.3 Å². The van der Waals surface area contributed by atoms with E-state index in [1.807, 2.05) is 24.4 Å². The van der Waals surface area contributed by atoms with Crippen LogP contribution in [0.3, 0.4) is 0 Å². The molecular weight excluding hydrogens is 329 g/mol. The molecule has 26 heavy (non-hydrogen) atoms. The van der Waals surface area contributed by atoms with Crippen LogP contribution < -0.4 is 10.6 Å². The number of halogens is 1. The predicted molar refractivity (Wildman–Crippen MR) is 100 cm³/mol. The topological polar surface area (TPSA) is 54.2 Å². The number of anilines is 1. The number of nitrogens with one attached hydrogen (secondary N) is 2. The Kier molecular flexibility index (Phi) is 3.67. The van der Waals surface area contributed by atoms with Gasteiger partial charge in [0.1, 0.15) is 17.6 Å². The van der Waals surface area contributed by atoms with Crippen LogP contribution in [-0.2, 0) is 0 Å². The minimum atomic E-state index is -0.889. The molecule has 2 fully saturated rings. The number of rotatable bonds is 4. The Balaban J connectivity index is 1.51. The first-order valence-corrected chi connectivity index (χ1v) is 9.25. The van der Waals surface area contributed by atoms with Crippen molar-refractivity contribution in [3.05, 3.63) is 47.8 Å². The second kappa shape index (κ2) is 6.06. The molecule has 5 nitrogen and oxygen atoms in total. The third-order valence-electron chi connectivity index (χ3n) is 5.40. The van der Waals surface area contributed by atoms with Crippen LogP contribution in [-0.4, -0.2) is 39.7 Å². The highest BCUT2D eigenvalue weighted by Gasteiger charge is 2.27. The molecule has 4 heterocycles. The molecule has 1 aliphatic carbocycles. The predicted octanol–water partition coefficient (Wildman–Crippen LogP) is 3.30. The van der Waals surface area contributed by atoms with Gasteiger partial charge in [-0.25, -0.2) is 14.4 Å². The summed E-state index contributed by atoms with van der Waals surface area (Å²) in [5, 5.41) is 6.27. The van der Waals surface area contributed by atoms with E-state index in [9.17, 15) is 4.39 Å². The van der Waals surface area contributed by atoms with Crippen LogP contribution in [0.1, 0.15) is 29.9 Å². The SMILES string of the molecule is Cc1cc2ncc(-c3cccc(N[C@H]4CNC[C@@H]4F)n3)n2cc1C1CC1. The summed E-state index contributed by atoms with van der Waals surface area (Å²) < 4.78 is 16.0. The van der Waals surface area contributed by atoms with Gasteiger partial charge in [-0.05, 0) is 55.0 Å². The summed E-state index contributed by atoms with van der Waals surface area (Å²) in [6.07, 6.45) is 5.74. The van der Waals surface area contributed by atoms with Crippen LogP contribution in [0, 0.1) is 6.92 Å². The van der Waals surface area contributed by atoms with E-state index in [4.69, 9.17) is 4.98 Å². The molecule has 3 aromatic heterocycles. The van der Waals surface area contributed by atoms with Gasteiger partial charge in [-0.2, -0.15) is 0 Å². The van der Waals surface area contributed by atoms with Crippen LogP contribution in [0.15, 0.2) is 36.7 Å². The molecule has 0 spiro atoms. The van der Waals surface area contributed by atoms with Crippen molar-refractivity contribution in [3.63, 3.8) is 0 Å². The maximum Gasteiger partial charge on any atom is 0.137 e. The highest BCUT2D eigenvalue weighted by molar-refractivity contribution is 5.63.